The van der Waals surface area contributed by atoms with Crippen molar-refractivity contribution in [2.75, 3.05) is 6.54 Å². The number of aliphatic hydroxyl groups excluding tert-OH is 1. The first-order valence-electron chi connectivity index (χ1n) is 6.02. The standard InChI is InChI=1S/C11H18N2O4S/c1-8-4-10(13-17-8)7-18(15,16)12-6-9-2-3-11(14)5-9/h4,9,11-12,14H,2-3,5-7H2,1H3. The van der Waals surface area contributed by atoms with E-state index < -0.39 is 10.0 Å². The molecule has 2 rings (SSSR count). The van der Waals surface area contributed by atoms with Crippen LogP contribution in [0.1, 0.15) is 30.7 Å². The van der Waals surface area contributed by atoms with Gasteiger partial charge in [-0.2, -0.15) is 0 Å². The van der Waals surface area contributed by atoms with Crippen LogP contribution >= 0.6 is 0 Å². The Balaban J connectivity index is 1.84. The minimum absolute atomic E-state index is 0.167. The molecule has 102 valence electrons. The Morgan fingerprint density at radius 3 is 2.89 bits per heavy atom. The molecule has 0 spiro atoms. The van der Waals surface area contributed by atoms with E-state index in [4.69, 9.17) is 4.52 Å². The van der Waals surface area contributed by atoms with Gasteiger partial charge in [0.15, 0.2) is 0 Å². The molecule has 1 saturated carbocycles. The molecule has 0 radical (unpaired) electrons. The minimum Gasteiger partial charge on any atom is -0.393 e. The first-order chi connectivity index (χ1) is 8.44. The van der Waals surface area contributed by atoms with Crippen molar-refractivity contribution < 1.29 is 18.0 Å². The van der Waals surface area contributed by atoms with Crippen molar-refractivity contribution in [1.29, 1.82) is 0 Å². The van der Waals surface area contributed by atoms with Crippen LogP contribution in [-0.4, -0.2) is 31.3 Å². The maximum absolute atomic E-state index is 11.8. The van der Waals surface area contributed by atoms with Crippen LogP contribution in [0.3, 0.4) is 0 Å². The summed E-state index contributed by atoms with van der Waals surface area (Å²) in [5, 5.41) is 13.0. The molecule has 0 aliphatic heterocycles. The molecule has 2 unspecified atom stereocenters. The number of hydrogen-bond donors (Lipinski definition) is 2. The van der Waals surface area contributed by atoms with Crippen LogP contribution in [0.25, 0.3) is 0 Å². The van der Waals surface area contributed by atoms with Crippen LogP contribution in [0.5, 0.6) is 0 Å². The summed E-state index contributed by atoms with van der Waals surface area (Å²) in [7, 11) is -3.38. The topological polar surface area (TPSA) is 92.4 Å². The highest BCUT2D eigenvalue weighted by Gasteiger charge is 2.24. The SMILES string of the molecule is Cc1cc(CS(=O)(=O)NCC2CCC(O)C2)no1. The summed E-state index contributed by atoms with van der Waals surface area (Å²) in [5.41, 5.74) is 0.409. The Morgan fingerprint density at radius 2 is 2.33 bits per heavy atom. The van der Waals surface area contributed by atoms with E-state index in [1.54, 1.807) is 13.0 Å². The third-order valence-corrected chi connectivity index (χ3v) is 4.40. The van der Waals surface area contributed by atoms with Crippen LogP contribution in [0.15, 0.2) is 10.6 Å². The van der Waals surface area contributed by atoms with E-state index in [0.717, 1.165) is 12.8 Å². The molecule has 2 atom stereocenters. The third kappa shape index (κ3) is 3.79. The van der Waals surface area contributed by atoms with E-state index >= 15 is 0 Å². The first-order valence-corrected chi connectivity index (χ1v) is 7.67. The van der Waals surface area contributed by atoms with Crippen LogP contribution in [0.4, 0.5) is 0 Å². The average Bonchev–Trinajstić information content (AvgIpc) is 2.85. The van der Waals surface area contributed by atoms with Gasteiger partial charge in [-0.05, 0) is 32.1 Å². The summed E-state index contributed by atoms with van der Waals surface area (Å²) < 4.78 is 31.0. The van der Waals surface area contributed by atoms with Crippen LogP contribution in [-0.2, 0) is 15.8 Å². The predicted octanol–water partition coefficient (Wildman–Crippen LogP) is 0.563. The van der Waals surface area contributed by atoms with Gasteiger partial charge in [-0.1, -0.05) is 5.16 Å². The van der Waals surface area contributed by atoms with Gasteiger partial charge in [-0.15, -0.1) is 0 Å². The smallest absolute Gasteiger partial charge is 0.217 e. The molecule has 7 heteroatoms. The molecular weight excluding hydrogens is 256 g/mol. The summed E-state index contributed by atoms with van der Waals surface area (Å²) in [6.45, 7) is 2.10. The Kier molecular flexibility index (Phi) is 4.04. The lowest BCUT2D eigenvalue weighted by molar-refractivity contribution is 0.178. The fourth-order valence-corrected chi connectivity index (χ4v) is 3.33. The quantitative estimate of drug-likeness (QED) is 0.818. The summed E-state index contributed by atoms with van der Waals surface area (Å²) in [6.07, 6.45) is 2.02. The van der Waals surface area contributed by atoms with Gasteiger partial charge < -0.3 is 9.63 Å². The zero-order chi connectivity index (χ0) is 13.2. The van der Waals surface area contributed by atoms with Gasteiger partial charge in [0, 0.05) is 12.6 Å². The van der Waals surface area contributed by atoms with Crippen molar-refractivity contribution >= 4 is 10.0 Å². The maximum Gasteiger partial charge on any atom is 0.217 e. The van der Waals surface area contributed by atoms with Crippen LogP contribution in [0.2, 0.25) is 0 Å². The number of aliphatic hydroxyl groups is 1. The van der Waals surface area contributed by atoms with Crippen molar-refractivity contribution in [3.8, 4) is 0 Å². The molecule has 1 aliphatic carbocycles. The molecule has 1 aliphatic rings. The number of aromatic nitrogens is 1. The molecular formula is C11H18N2O4S. The molecule has 1 heterocycles. The molecule has 2 N–H and O–H groups in total. The average molecular weight is 274 g/mol. The van der Waals surface area contributed by atoms with Gasteiger partial charge in [-0.25, -0.2) is 13.1 Å². The normalized spacial score (nSPS) is 24.6. The van der Waals surface area contributed by atoms with Gasteiger partial charge >= 0.3 is 0 Å². The van der Waals surface area contributed by atoms with Crippen molar-refractivity contribution in [3.63, 3.8) is 0 Å². The van der Waals surface area contributed by atoms with Crippen molar-refractivity contribution in [2.45, 2.75) is 38.0 Å². The zero-order valence-electron chi connectivity index (χ0n) is 10.3. The number of rotatable bonds is 5. The van der Waals surface area contributed by atoms with E-state index in [0.29, 0.717) is 24.4 Å². The van der Waals surface area contributed by atoms with Gasteiger partial charge in [0.25, 0.3) is 0 Å². The largest absolute Gasteiger partial charge is 0.393 e. The van der Waals surface area contributed by atoms with E-state index in [9.17, 15) is 13.5 Å². The minimum atomic E-state index is -3.38. The third-order valence-electron chi connectivity index (χ3n) is 3.12. The Morgan fingerprint density at radius 1 is 1.56 bits per heavy atom. The fraction of sp³-hybridized carbons (Fsp3) is 0.727. The van der Waals surface area contributed by atoms with Gasteiger partial charge in [0.05, 0.1) is 6.10 Å². The number of nitrogens with zero attached hydrogens (tertiary/aromatic N) is 1. The molecule has 0 aromatic carbocycles. The monoisotopic (exact) mass is 274 g/mol. The van der Waals surface area contributed by atoms with Crippen LogP contribution in [0, 0.1) is 12.8 Å². The maximum atomic E-state index is 11.8. The lowest BCUT2D eigenvalue weighted by Gasteiger charge is -2.10. The molecule has 6 nitrogen and oxygen atoms in total. The molecule has 0 bridgehead atoms. The molecule has 1 fully saturated rings. The van der Waals surface area contributed by atoms with Gasteiger partial charge in [-0.3, -0.25) is 0 Å². The summed E-state index contributed by atoms with van der Waals surface area (Å²) in [6, 6.07) is 1.61. The highest BCUT2D eigenvalue weighted by atomic mass is 32.2. The second-order valence-electron chi connectivity index (χ2n) is 4.87. The molecule has 0 saturated heterocycles. The lowest BCUT2D eigenvalue weighted by Crippen LogP contribution is -2.30. The number of sulfonamides is 1. The van der Waals surface area contributed by atoms with Gasteiger partial charge in [0.1, 0.15) is 17.2 Å². The molecule has 1 aromatic heterocycles. The highest BCUT2D eigenvalue weighted by Crippen LogP contribution is 2.24. The highest BCUT2D eigenvalue weighted by molar-refractivity contribution is 7.88. The Hall–Kier alpha value is -0.920. The van der Waals surface area contributed by atoms with E-state index in [2.05, 4.69) is 9.88 Å². The second kappa shape index (κ2) is 5.38. The number of aryl methyl sites for hydroxylation is 1. The summed E-state index contributed by atoms with van der Waals surface area (Å²) >= 11 is 0. The molecule has 1 aromatic rings. The summed E-state index contributed by atoms with van der Waals surface area (Å²) in [5.74, 6) is 0.660. The summed E-state index contributed by atoms with van der Waals surface area (Å²) in [4.78, 5) is 0. The van der Waals surface area contributed by atoms with Crippen molar-refractivity contribution in [3.05, 3.63) is 17.5 Å². The Bertz CT molecular complexity index is 497. The molecule has 18 heavy (non-hydrogen) atoms. The van der Waals surface area contributed by atoms with E-state index in [1.807, 2.05) is 0 Å². The van der Waals surface area contributed by atoms with Crippen molar-refractivity contribution in [1.82, 2.24) is 9.88 Å². The van der Waals surface area contributed by atoms with Crippen LogP contribution < -0.4 is 4.72 Å². The lowest BCUT2D eigenvalue weighted by atomic mass is 10.1. The Labute approximate surface area is 106 Å². The molecule has 0 amide bonds. The number of hydrogen-bond acceptors (Lipinski definition) is 5. The zero-order valence-corrected chi connectivity index (χ0v) is 11.1. The van der Waals surface area contributed by atoms with E-state index in [1.165, 1.54) is 0 Å². The van der Waals surface area contributed by atoms with Gasteiger partial charge in [0.2, 0.25) is 10.0 Å². The van der Waals surface area contributed by atoms with Crippen molar-refractivity contribution in [2.24, 2.45) is 5.92 Å². The predicted molar refractivity (Wildman–Crippen MR) is 65.2 cm³/mol. The number of nitrogens with one attached hydrogen (secondary N) is 1. The first kappa shape index (κ1) is 13.5. The fourth-order valence-electron chi connectivity index (χ4n) is 2.21. The van der Waals surface area contributed by atoms with E-state index in [-0.39, 0.29) is 17.8 Å². The second-order valence-corrected chi connectivity index (χ2v) is 6.68.